The molecule has 3 nitrogen and oxygen atoms in total. The van der Waals surface area contributed by atoms with Crippen LogP contribution in [0.3, 0.4) is 0 Å². The molecule has 1 fully saturated rings. The van der Waals surface area contributed by atoms with Crippen molar-refractivity contribution in [3.05, 3.63) is 41.9 Å². The molecule has 0 amide bonds. The number of aryl methyl sites for hydroxylation is 2. The lowest BCUT2D eigenvalue weighted by molar-refractivity contribution is 0.436. The van der Waals surface area contributed by atoms with Gasteiger partial charge in [-0.05, 0) is 62.4 Å². The van der Waals surface area contributed by atoms with Gasteiger partial charge in [0.25, 0.3) is 0 Å². The maximum Gasteiger partial charge on any atom is 0.136 e. The number of pyridine rings is 2. The molecule has 0 aromatic carbocycles. The lowest BCUT2D eigenvalue weighted by atomic mass is 9.98. The summed E-state index contributed by atoms with van der Waals surface area (Å²) in [4.78, 5) is 11.6. The predicted molar refractivity (Wildman–Crippen MR) is 87.6 cm³/mol. The van der Waals surface area contributed by atoms with Crippen molar-refractivity contribution in [2.24, 2.45) is 5.92 Å². The molecule has 2 aromatic heterocycles. The number of piperidine rings is 1. The Hall–Kier alpha value is -1.90. The van der Waals surface area contributed by atoms with Gasteiger partial charge in [0, 0.05) is 36.2 Å². The molecule has 0 aliphatic carbocycles. The van der Waals surface area contributed by atoms with Crippen LogP contribution >= 0.6 is 0 Å². The van der Waals surface area contributed by atoms with Crippen LogP contribution in [0.1, 0.15) is 31.2 Å². The summed E-state index contributed by atoms with van der Waals surface area (Å²) < 4.78 is 0. The number of nitrogens with zero attached hydrogens (tertiary/aromatic N) is 3. The smallest absolute Gasteiger partial charge is 0.136 e. The number of hydrogen-bond donors (Lipinski definition) is 0. The van der Waals surface area contributed by atoms with Crippen LogP contribution in [0.2, 0.25) is 0 Å². The second-order valence-electron chi connectivity index (χ2n) is 6.18. The minimum Gasteiger partial charge on any atom is -0.356 e. The Morgan fingerprint density at radius 3 is 2.52 bits per heavy atom. The second-order valence-corrected chi connectivity index (χ2v) is 6.18. The SMILES string of the molecule is Cc1cc(-c2ccc(C)nc2N2CCC(C)CC2)ccn1. The average Bonchev–Trinajstić information content (AvgIpc) is 2.48. The van der Waals surface area contributed by atoms with Crippen LogP contribution in [0.15, 0.2) is 30.5 Å². The lowest BCUT2D eigenvalue weighted by Crippen LogP contribution is -2.33. The molecule has 3 heterocycles. The third-order valence-electron chi connectivity index (χ3n) is 4.31. The lowest BCUT2D eigenvalue weighted by Gasteiger charge is -2.32. The zero-order chi connectivity index (χ0) is 14.8. The molecule has 3 heteroatoms. The van der Waals surface area contributed by atoms with E-state index in [4.69, 9.17) is 4.98 Å². The molecule has 0 radical (unpaired) electrons. The molecular weight excluding hydrogens is 258 g/mol. The minimum absolute atomic E-state index is 0.831. The highest BCUT2D eigenvalue weighted by atomic mass is 15.2. The molecule has 1 aliphatic rings. The summed E-state index contributed by atoms with van der Waals surface area (Å²) in [6, 6.07) is 8.52. The molecular formula is C18H23N3. The molecule has 1 saturated heterocycles. The largest absolute Gasteiger partial charge is 0.356 e. The Kier molecular flexibility index (Phi) is 3.91. The number of hydrogen-bond acceptors (Lipinski definition) is 3. The van der Waals surface area contributed by atoms with Gasteiger partial charge in [0.1, 0.15) is 5.82 Å². The van der Waals surface area contributed by atoms with Crippen molar-refractivity contribution in [2.45, 2.75) is 33.6 Å². The Morgan fingerprint density at radius 2 is 1.81 bits per heavy atom. The summed E-state index contributed by atoms with van der Waals surface area (Å²) in [5.74, 6) is 1.96. The average molecular weight is 281 g/mol. The Labute approximate surface area is 127 Å². The Morgan fingerprint density at radius 1 is 1.05 bits per heavy atom. The highest BCUT2D eigenvalue weighted by Gasteiger charge is 2.20. The van der Waals surface area contributed by atoms with E-state index in [1.165, 1.54) is 24.0 Å². The summed E-state index contributed by atoms with van der Waals surface area (Å²) >= 11 is 0. The van der Waals surface area contributed by atoms with Gasteiger partial charge in [0.2, 0.25) is 0 Å². The van der Waals surface area contributed by atoms with Crippen LogP contribution in [-0.4, -0.2) is 23.1 Å². The normalized spacial score (nSPS) is 16.2. The van der Waals surface area contributed by atoms with Crippen molar-refractivity contribution >= 4 is 5.82 Å². The minimum atomic E-state index is 0.831. The zero-order valence-corrected chi connectivity index (χ0v) is 13.1. The van der Waals surface area contributed by atoms with Gasteiger partial charge in [-0.2, -0.15) is 0 Å². The third kappa shape index (κ3) is 3.07. The van der Waals surface area contributed by atoms with Crippen molar-refractivity contribution in [1.82, 2.24) is 9.97 Å². The van der Waals surface area contributed by atoms with Crippen LogP contribution in [0.4, 0.5) is 5.82 Å². The zero-order valence-electron chi connectivity index (χ0n) is 13.1. The van der Waals surface area contributed by atoms with Gasteiger partial charge >= 0.3 is 0 Å². The summed E-state index contributed by atoms with van der Waals surface area (Å²) in [5, 5.41) is 0. The molecule has 0 saturated carbocycles. The topological polar surface area (TPSA) is 29.0 Å². The Balaban J connectivity index is 2.01. The van der Waals surface area contributed by atoms with Crippen molar-refractivity contribution in [2.75, 3.05) is 18.0 Å². The molecule has 0 atom stereocenters. The van der Waals surface area contributed by atoms with Crippen molar-refractivity contribution in [3.8, 4) is 11.1 Å². The number of anilines is 1. The van der Waals surface area contributed by atoms with Crippen LogP contribution in [0, 0.1) is 19.8 Å². The first kappa shape index (κ1) is 14.1. The first-order chi connectivity index (χ1) is 10.1. The molecule has 0 spiro atoms. The fraction of sp³-hybridized carbons (Fsp3) is 0.444. The monoisotopic (exact) mass is 281 g/mol. The highest BCUT2D eigenvalue weighted by Crippen LogP contribution is 2.32. The van der Waals surface area contributed by atoms with Crippen LogP contribution in [0.25, 0.3) is 11.1 Å². The number of rotatable bonds is 2. The first-order valence-corrected chi connectivity index (χ1v) is 7.79. The van der Waals surface area contributed by atoms with E-state index >= 15 is 0 Å². The van der Waals surface area contributed by atoms with Crippen LogP contribution in [0.5, 0.6) is 0 Å². The summed E-state index contributed by atoms with van der Waals surface area (Å²) in [6.45, 7) is 8.66. The van der Waals surface area contributed by atoms with Crippen molar-refractivity contribution in [3.63, 3.8) is 0 Å². The highest BCUT2D eigenvalue weighted by molar-refractivity contribution is 5.76. The maximum atomic E-state index is 4.83. The summed E-state index contributed by atoms with van der Waals surface area (Å²) in [6.07, 6.45) is 4.39. The molecule has 0 bridgehead atoms. The van der Waals surface area contributed by atoms with Gasteiger partial charge < -0.3 is 4.90 Å². The molecule has 1 aliphatic heterocycles. The molecule has 0 unspecified atom stereocenters. The standard InChI is InChI=1S/C18H23N3/c1-13-7-10-21(11-8-13)18-17(5-4-14(2)20-18)16-6-9-19-15(3)12-16/h4-6,9,12-13H,7-8,10-11H2,1-3H3. The fourth-order valence-electron chi connectivity index (χ4n) is 2.94. The van der Waals surface area contributed by atoms with Crippen LogP contribution < -0.4 is 4.90 Å². The van der Waals surface area contributed by atoms with E-state index in [0.717, 1.165) is 36.2 Å². The van der Waals surface area contributed by atoms with Gasteiger partial charge in [0.15, 0.2) is 0 Å². The first-order valence-electron chi connectivity index (χ1n) is 7.79. The van der Waals surface area contributed by atoms with Crippen molar-refractivity contribution < 1.29 is 0 Å². The van der Waals surface area contributed by atoms with E-state index in [-0.39, 0.29) is 0 Å². The molecule has 21 heavy (non-hydrogen) atoms. The fourth-order valence-corrected chi connectivity index (χ4v) is 2.94. The van der Waals surface area contributed by atoms with E-state index in [0.29, 0.717) is 0 Å². The third-order valence-corrected chi connectivity index (χ3v) is 4.31. The van der Waals surface area contributed by atoms with Crippen molar-refractivity contribution in [1.29, 1.82) is 0 Å². The molecule has 3 rings (SSSR count). The van der Waals surface area contributed by atoms with Gasteiger partial charge in [-0.1, -0.05) is 6.92 Å². The van der Waals surface area contributed by atoms with Gasteiger partial charge in [-0.3, -0.25) is 4.98 Å². The van der Waals surface area contributed by atoms with Gasteiger partial charge in [-0.15, -0.1) is 0 Å². The van der Waals surface area contributed by atoms with Gasteiger partial charge in [0.05, 0.1) is 0 Å². The molecule has 0 N–H and O–H groups in total. The van der Waals surface area contributed by atoms with Gasteiger partial charge in [-0.25, -0.2) is 4.98 Å². The second kappa shape index (κ2) is 5.84. The maximum absolute atomic E-state index is 4.83. The van der Waals surface area contributed by atoms with E-state index in [1.54, 1.807) is 0 Å². The molecule has 110 valence electrons. The van der Waals surface area contributed by atoms with Crippen LogP contribution in [-0.2, 0) is 0 Å². The van der Waals surface area contributed by atoms with E-state index < -0.39 is 0 Å². The van der Waals surface area contributed by atoms with E-state index in [1.807, 2.05) is 13.1 Å². The summed E-state index contributed by atoms with van der Waals surface area (Å²) in [7, 11) is 0. The quantitative estimate of drug-likeness (QED) is 0.833. The van der Waals surface area contributed by atoms with E-state index in [2.05, 4.69) is 48.0 Å². The molecule has 2 aromatic rings. The summed E-state index contributed by atoms with van der Waals surface area (Å²) in [5.41, 5.74) is 4.56. The van der Waals surface area contributed by atoms with E-state index in [9.17, 15) is 0 Å². The Bertz CT molecular complexity index is 628. The number of aromatic nitrogens is 2. The predicted octanol–water partition coefficient (Wildman–Crippen LogP) is 4.00.